The lowest BCUT2D eigenvalue weighted by atomic mass is 10.2. The van der Waals surface area contributed by atoms with E-state index in [1.54, 1.807) is 18.3 Å². The van der Waals surface area contributed by atoms with Crippen LogP contribution in [0.2, 0.25) is 0 Å². The maximum atomic E-state index is 13.4. The summed E-state index contributed by atoms with van der Waals surface area (Å²) in [7, 11) is 0. The van der Waals surface area contributed by atoms with E-state index in [0.29, 0.717) is 18.2 Å². The number of hydrogen-bond donors (Lipinski definition) is 2. The molecule has 0 spiro atoms. The summed E-state index contributed by atoms with van der Waals surface area (Å²) in [6, 6.07) is 6.15. The number of anilines is 1. The van der Waals surface area contributed by atoms with Crippen LogP contribution in [0.25, 0.3) is 0 Å². The third-order valence-electron chi connectivity index (χ3n) is 2.99. The highest BCUT2D eigenvalue weighted by molar-refractivity contribution is 5.94. The van der Waals surface area contributed by atoms with E-state index in [1.165, 1.54) is 6.20 Å². The minimum absolute atomic E-state index is 0.196. The van der Waals surface area contributed by atoms with E-state index >= 15 is 0 Å². The molecule has 0 aliphatic rings. The van der Waals surface area contributed by atoms with E-state index < -0.39 is 17.5 Å². The summed E-state index contributed by atoms with van der Waals surface area (Å²) >= 11 is 0. The van der Waals surface area contributed by atoms with Gasteiger partial charge in [0.1, 0.15) is 11.6 Å². The Morgan fingerprint density at radius 1 is 1.17 bits per heavy atom. The van der Waals surface area contributed by atoms with Gasteiger partial charge in [-0.15, -0.1) is 0 Å². The van der Waals surface area contributed by atoms with Crippen molar-refractivity contribution in [2.45, 2.75) is 12.8 Å². The van der Waals surface area contributed by atoms with Crippen molar-refractivity contribution in [3.05, 3.63) is 59.9 Å². The van der Waals surface area contributed by atoms with Gasteiger partial charge in [-0.3, -0.25) is 14.6 Å². The normalized spacial score (nSPS) is 10.2. The number of benzene rings is 1. The van der Waals surface area contributed by atoms with Crippen LogP contribution in [0.15, 0.2) is 42.7 Å². The number of rotatable bonds is 6. The highest BCUT2D eigenvalue weighted by Crippen LogP contribution is 2.09. The lowest BCUT2D eigenvalue weighted by molar-refractivity contribution is -0.116. The fourth-order valence-electron chi connectivity index (χ4n) is 1.88. The zero-order valence-electron chi connectivity index (χ0n) is 12.2. The number of nitrogens with one attached hydrogen (secondary N) is 2. The first kappa shape index (κ1) is 16.5. The maximum absolute atomic E-state index is 13.4. The molecule has 120 valence electrons. The predicted molar refractivity (Wildman–Crippen MR) is 80.8 cm³/mol. The predicted octanol–water partition coefficient (Wildman–Crippen LogP) is 2.51. The molecule has 1 heterocycles. The molecule has 2 aromatic rings. The quantitative estimate of drug-likeness (QED) is 0.804. The largest absolute Gasteiger partial charge is 0.352 e. The van der Waals surface area contributed by atoms with Crippen LogP contribution < -0.4 is 10.6 Å². The molecule has 0 saturated heterocycles. The van der Waals surface area contributed by atoms with Gasteiger partial charge in [-0.25, -0.2) is 8.78 Å². The summed E-state index contributed by atoms with van der Waals surface area (Å²) in [6.45, 7) is 0.204. The summed E-state index contributed by atoms with van der Waals surface area (Å²) < 4.78 is 26.2. The third-order valence-corrected chi connectivity index (χ3v) is 2.99. The average molecular weight is 319 g/mol. The second-order valence-corrected chi connectivity index (χ2v) is 4.77. The van der Waals surface area contributed by atoms with Crippen molar-refractivity contribution in [2.24, 2.45) is 0 Å². The number of carbonyl (C=O) groups excluding carboxylic acids is 2. The Morgan fingerprint density at radius 3 is 2.70 bits per heavy atom. The second kappa shape index (κ2) is 7.98. The van der Waals surface area contributed by atoms with Crippen molar-refractivity contribution in [1.29, 1.82) is 0 Å². The number of pyridine rings is 1. The zero-order valence-corrected chi connectivity index (χ0v) is 12.2. The smallest absolute Gasteiger partial charge is 0.254 e. The van der Waals surface area contributed by atoms with E-state index in [0.717, 1.165) is 12.1 Å². The zero-order chi connectivity index (χ0) is 16.7. The van der Waals surface area contributed by atoms with Crippen molar-refractivity contribution in [3.8, 4) is 0 Å². The molecule has 0 saturated carbocycles. The molecular formula is C16H15F2N3O2. The molecule has 0 fully saturated rings. The van der Waals surface area contributed by atoms with Crippen molar-refractivity contribution in [2.75, 3.05) is 11.9 Å². The molecule has 0 bridgehead atoms. The molecule has 0 atom stereocenters. The Morgan fingerprint density at radius 2 is 2.00 bits per heavy atom. The Bertz CT molecular complexity index is 693. The Hall–Kier alpha value is -2.83. The number of carbonyl (C=O) groups is 2. The van der Waals surface area contributed by atoms with Crippen LogP contribution in [0.5, 0.6) is 0 Å². The minimum atomic E-state index is -0.920. The minimum Gasteiger partial charge on any atom is -0.352 e. The van der Waals surface area contributed by atoms with E-state index in [4.69, 9.17) is 0 Å². The van der Waals surface area contributed by atoms with Crippen LogP contribution in [0.1, 0.15) is 23.2 Å². The van der Waals surface area contributed by atoms with Crippen LogP contribution in [-0.4, -0.2) is 23.3 Å². The number of amides is 2. The molecule has 2 N–H and O–H groups in total. The lowest BCUT2D eigenvalue weighted by Crippen LogP contribution is -2.26. The SMILES string of the molecule is O=C(CCCNC(=O)c1ccc(F)cc1F)Nc1cccnc1. The Balaban J connectivity index is 1.72. The van der Waals surface area contributed by atoms with Gasteiger partial charge in [0.05, 0.1) is 17.4 Å². The molecule has 0 unspecified atom stereocenters. The van der Waals surface area contributed by atoms with Gasteiger partial charge in [-0.2, -0.15) is 0 Å². The number of halogens is 2. The number of nitrogens with zero attached hydrogens (tertiary/aromatic N) is 1. The molecule has 0 radical (unpaired) electrons. The summed E-state index contributed by atoms with van der Waals surface area (Å²) in [6.07, 6.45) is 3.71. The molecule has 1 aromatic heterocycles. The van der Waals surface area contributed by atoms with Gasteiger partial charge in [0.25, 0.3) is 5.91 Å². The van der Waals surface area contributed by atoms with Gasteiger partial charge in [0.15, 0.2) is 0 Å². The number of hydrogen-bond acceptors (Lipinski definition) is 3. The van der Waals surface area contributed by atoms with Gasteiger partial charge in [0, 0.05) is 25.2 Å². The Kier molecular flexibility index (Phi) is 5.74. The van der Waals surface area contributed by atoms with Crippen molar-refractivity contribution in [1.82, 2.24) is 10.3 Å². The third kappa shape index (κ3) is 5.14. The molecule has 2 rings (SSSR count). The lowest BCUT2D eigenvalue weighted by Gasteiger charge is -2.07. The highest BCUT2D eigenvalue weighted by atomic mass is 19.1. The monoisotopic (exact) mass is 319 g/mol. The average Bonchev–Trinajstić information content (AvgIpc) is 2.52. The van der Waals surface area contributed by atoms with Crippen LogP contribution in [0, 0.1) is 11.6 Å². The fourth-order valence-corrected chi connectivity index (χ4v) is 1.88. The molecule has 1 aromatic carbocycles. The highest BCUT2D eigenvalue weighted by Gasteiger charge is 2.12. The Labute approximate surface area is 131 Å². The van der Waals surface area contributed by atoms with Gasteiger partial charge >= 0.3 is 0 Å². The topological polar surface area (TPSA) is 71.1 Å². The van der Waals surface area contributed by atoms with Crippen molar-refractivity contribution >= 4 is 17.5 Å². The molecule has 0 aliphatic carbocycles. The molecule has 7 heteroatoms. The van der Waals surface area contributed by atoms with E-state index in [-0.39, 0.29) is 24.4 Å². The van der Waals surface area contributed by atoms with Crippen LogP contribution in [-0.2, 0) is 4.79 Å². The second-order valence-electron chi connectivity index (χ2n) is 4.77. The molecule has 2 amide bonds. The van der Waals surface area contributed by atoms with E-state index in [2.05, 4.69) is 15.6 Å². The number of aromatic nitrogens is 1. The first-order chi connectivity index (χ1) is 11.1. The van der Waals surface area contributed by atoms with E-state index in [1.807, 2.05) is 0 Å². The van der Waals surface area contributed by atoms with Gasteiger partial charge in [-0.1, -0.05) is 0 Å². The van der Waals surface area contributed by atoms with Crippen molar-refractivity contribution < 1.29 is 18.4 Å². The van der Waals surface area contributed by atoms with Gasteiger partial charge in [-0.05, 0) is 30.7 Å². The summed E-state index contributed by atoms with van der Waals surface area (Å²) in [5, 5.41) is 5.15. The standard InChI is InChI=1S/C16H15F2N3O2/c17-11-5-6-13(14(18)9-11)16(23)20-8-2-4-15(22)21-12-3-1-7-19-10-12/h1,3,5-7,9-10H,2,4,8H2,(H,20,23)(H,21,22). The maximum Gasteiger partial charge on any atom is 0.254 e. The summed E-state index contributed by atoms with van der Waals surface area (Å²) in [5.41, 5.74) is 0.362. The molecular weight excluding hydrogens is 304 g/mol. The molecule has 0 aliphatic heterocycles. The summed E-state index contributed by atoms with van der Waals surface area (Å²) in [5.74, 6) is -2.52. The summed E-state index contributed by atoms with van der Waals surface area (Å²) in [4.78, 5) is 27.3. The first-order valence-electron chi connectivity index (χ1n) is 6.99. The fraction of sp³-hybridized carbons (Fsp3) is 0.188. The molecule has 23 heavy (non-hydrogen) atoms. The first-order valence-corrected chi connectivity index (χ1v) is 6.99. The van der Waals surface area contributed by atoms with Gasteiger partial charge < -0.3 is 10.6 Å². The van der Waals surface area contributed by atoms with Crippen molar-refractivity contribution in [3.63, 3.8) is 0 Å². The molecule has 5 nitrogen and oxygen atoms in total. The van der Waals surface area contributed by atoms with Crippen LogP contribution in [0.3, 0.4) is 0 Å². The van der Waals surface area contributed by atoms with E-state index in [9.17, 15) is 18.4 Å². The van der Waals surface area contributed by atoms with Gasteiger partial charge in [0.2, 0.25) is 5.91 Å². The van der Waals surface area contributed by atoms with Crippen LogP contribution >= 0.6 is 0 Å². The van der Waals surface area contributed by atoms with Crippen LogP contribution in [0.4, 0.5) is 14.5 Å².